The summed E-state index contributed by atoms with van der Waals surface area (Å²) in [5.74, 6) is -6.19. The van der Waals surface area contributed by atoms with E-state index in [1.165, 1.54) is 25.8 Å². The van der Waals surface area contributed by atoms with Gasteiger partial charge >= 0.3 is 0 Å². The molecule has 1 unspecified atom stereocenters. The standard InChI is InChI=1S/C21H26N2OS2.2C4H4O4/c1-25-17-6-7-20-16(14-17)15-19(18-4-2-3-5-21(18)26-20)23-10-8-22(9-11-23)12-13-24;2*5-3(6)1-2-4(7)8/h2-7,14,19,24H,8-13,15H2,1H3;2*1-2H,(H,5,6)(H,7,8)/p-4/b;2*2-1-. The molecule has 1 N–H and O–H groups in total. The molecule has 13 heteroatoms. The third-order valence-corrected chi connectivity index (χ3v) is 8.09. The van der Waals surface area contributed by atoms with Crippen LogP contribution in [0.5, 0.6) is 0 Å². The van der Waals surface area contributed by atoms with Crippen molar-refractivity contribution in [2.24, 2.45) is 0 Å². The minimum absolute atomic E-state index is 0.258. The van der Waals surface area contributed by atoms with Crippen molar-refractivity contribution in [1.82, 2.24) is 9.80 Å². The molecule has 0 bridgehead atoms. The molecular formula is C29H30N2O9S2-4. The number of aliphatic hydroxyl groups excluding tert-OH is 1. The average Bonchev–Trinajstić information content (AvgIpc) is 3.12. The Kier molecular flexibility index (Phi) is 14.8. The molecule has 0 radical (unpaired) electrons. The zero-order valence-corrected chi connectivity index (χ0v) is 24.4. The van der Waals surface area contributed by atoms with Gasteiger partial charge in [0.1, 0.15) is 0 Å². The lowest BCUT2D eigenvalue weighted by Gasteiger charge is -2.39. The Hall–Kier alpha value is -3.62. The van der Waals surface area contributed by atoms with Gasteiger partial charge in [-0.05, 0) is 72.4 Å². The zero-order chi connectivity index (χ0) is 31.1. The molecule has 0 aliphatic carbocycles. The van der Waals surface area contributed by atoms with Crippen LogP contribution in [0.4, 0.5) is 0 Å². The Morgan fingerprint density at radius 3 is 1.90 bits per heavy atom. The van der Waals surface area contributed by atoms with Crippen LogP contribution in [0.25, 0.3) is 0 Å². The fraction of sp³-hybridized carbons (Fsp3) is 0.310. The second-order valence-corrected chi connectivity index (χ2v) is 10.8. The minimum atomic E-state index is -1.55. The first-order chi connectivity index (χ1) is 20.0. The lowest BCUT2D eigenvalue weighted by Crippen LogP contribution is -2.48. The van der Waals surface area contributed by atoms with Gasteiger partial charge in [0.15, 0.2) is 0 Å². The van der Waals surface area contributed by atoms with Crippen molar-refractivity contribution in [2.75, 3.05) is 45.6 Å². The predicted molar refractivity (Wildman–Crippen MR) is 149 cm³/mol. The highest BCUT2D eigenvalue weighted by Crippen LogP contribution is 2.43. The first-order valence-electron chi connectivity index (χ1n) is 12.7. The SMILES string of the molecule is CSc1ccc2c(c1)CC(N1CCN(CCO)CC1)c1ccccc1S2.O=C([O-])/C=C\C(=O)[O-].O=C([O-])/C=C\C(=O)[O-]. The van der Waals surface area contributed by atoms with Crippen molar-refractivity contribution in [3.05, 3.63) is 77.9 Å². The Balaban J connectivity index is 0.000000319. The van der Waals surface area contributed by atoms with Gasteiger partial charge in [0.25, 0.3) is 0 Å². The number of rotatable bonds is 8. The molecule has 0 saturated carbocycles. The van der Waals surface area contributed by atoms with Crippen LogP contribution in [0.1, 0.15) is 17.2 Å². The highest BCUT2D eigenvalue weighted by molar-refractivity contribution is 7.99. The van der Waals surface area contributed by atoms with Gasteiger partial charge in [-0.1, -0.05) is 30.0 Å². The maximum atomic E-state index is 9.41. The van der Waals surface area contributed by atoms with Crippen molar-refractivity contribution in [2.45, 2.75) is 27.1 Å². The van der Waals surface area contributed by atoms with Gasteiger partial charge in [-0.2, -0.15) is 0 Å². The summed E-state index contributed by atoms with van der Waals surface area (Å²) in [5, 5.41) is 46.9. The number of piperazine rings is 1. The predicted octanol–water partition coefficient (Wildman–Crippen LogP) is -2.15. The summed E-state index contributed by atoms with van der Waals surface area (Å²) in [5.41, 5.74) is 2.94. The van der Waals surface area contributed by atoms with Crippen LogP contribution in [0.15, 0.2) is 81.5 Å². The number of hydrogen-bond donors (Lipinski definition) is 1. The molecule has 226 valence electrons. The van der Waals surface area contributed by atoms with Gasteiger partial charge in [0.2, 0.25) is 0 Å². The number of fused-ring (bicyclic) bond motifs is 2. The molecule has 2 aliphatic rings. The molecule has 2 aromatic carbocycles. The van der Waals surface area contributed by atoms with E-state index in [9.17, 15) is 44.7 Å². The van der Waals surface area contributed by atoms with Gasteiger partial charge in [-0.15, -0.1) is 11.8 Å². The van der Waals surface area contributed by atoms with Crippen LogP contribution in [0.2, 0.25) is 0 Å². The van der Waals surface area contributed by atoms with Crippen molar-refractivity contribution < 1.29 is 44.7 Å². The number of carboxylic acid groups (broad SMARTS) is 4. The highest BCUT2D eigenvalue weighted by Gasteiger charge is 2.29. The summed E-state index contributed by atoms with van der Waals surface area (Å²) in [6, 6.07) is 16.3. The Bertz CT molecular complexity index is 1230. The number of hydrogen-bond acceptors (Lipinski definition) is 13. The molecule has 2 aromatic rings. The lowest BCUT2D eigenvalue weighted by atomic mass is 9.96. The summed E-state index contributed by atoms with van der Waals surface area (Å²) in [7, 11) is 0. The second kappa shape index (κ2) is 18.0. The number of aliphatic carboxylic acids is 4. The average molecular weight is 615 g/mol. The summed E-state index contributed by atoms with van der Waals surface area (Å²) in [4.78, 5) is 46.8. The van der Waals surface area contributed by atoms with E-state index in [1.54, 1.807) is 0 Å². The normalized spacial score (nSPS) is 16.7. The monoisotopic (exact) mass is 614 g/mol. The van der Waals surface area contributed by atoms with E-state index in [0.717, 1.165) is 39.1 Å². The first kappa shape index (κ1) is 34.6. The molecule has 0 amide bonds. The van der Waals surface area contributed by atoms with Crippen LogP contribution < -0.4 is 20.4 Å². The summed E-state index contributed by atoms with van der Waals surface area (Å²) < 4.78 is 0. The molecule has 1 saturated heterocycles. The maximum absolute atomic E-state index is 9.41. The number of benzene rings is 2. The smallest absolute Gasteiger partial charge is 0.0643 e. The summed E-state index contributed by atoms with van der Waals surface area (Å²) in [6.45, 7) is 5.29. The lowest BCUT2D eigenvalue weighted by molar-refractivity contribution is -0.301. The summed E-state index contributed by atoms with van der Waals surface area (Å²) >= 11 is 3.74. The first-order valence-corrected chi connectivity index (χ1v) is 14.8. The van der Waals surface area contributed by atoms with Crippen molar-refractivity contribution in [3.8, 4) is 0 Å². The molecule has 2 heterocycles. The fourth-order valence-corrected chi connectivity index (χ4v) is 5.84. The molecule has 1 atom stereocenters. The number of carbonyl (C=O) groups is 4. The van der Waals surface area contributed by atoms with Crippen molar-refractivity contribution >= 4 is 47.4 Å². The van der Waals surface area contributed by atoms with E-state index in [4.69, 9.17) is 0 Å². The molecule has 4 rings (SSSR count). The molecular weight excluding hydrogens is 584 g/mol. The molecule has 42 heavy (non-hydrogen) atoms. The largest absolute Gasteiger partial charge is 0.545 e. The molecule has 11 nitrogen and oxygen atoms in total. The molecule has 1 fully saturated rings. The fourth-order valence-electron chi connectivity index (χ4n) is 4.27. The van der Waals surface area contributed by atoms with E-state index < -0.39 is 23.9 Å². The van der Waals surface area contributed by atoms with Crippen molar-refractivity contribution in [3.63, 3.8) is 0 Å². The quantitative estimate of drug-likeness (QED) is 0.251. The van der Waals surface area contributed by atoms with Crippen LogP contribution in [-0.4, -0.2) is 84.4 Å². The second-order valence-electron chi connectivity index (χ2n) is 8.88. The van der Waals surface area contributed by atoms with Crippen LogP contribution in [0.3, 0.4) is 0 Å². The van der Waals surface area contributed by atoms with E-state index in [1.807, 2.05) is 23.5 Å². The van der Waals surface area contributed by atoms with Crippen molar-refractivity contribution in [1.29, 1.82) is 0 Å². The number of aliphatic hydroxyl groups is 1. The topological polar surface area (TPSA) is 187 Å². The van der Waals surface area contributed by atoms with Gasteiger partial charge < -0.3 is 44.7 Å². The minimum Gasteiger partial charge on any atom is -0.545 e. The van der Waals surface area contributed by atoms with E-state index >= 15 is 0 Å². The van der Waals surface area contributed by atoms with Gasteiger partial charge in [0, 0.05) is 53.5 Å². The number of carbonyl (C=O) groups excluding carboxylic acids is 4. The number of β-amino-alcohol motifs (C(OH)–C–C–N with tert-alkyl or cyclic N) is 1. The molecule has 0 aromatic heterocycles. The van der Waals surface area contributed by atoms with Crippen LogP contribution in [-0.2, 0) is 25.6 Å². The van der Waals surface area contributed by atoms with Gasteiger partial charge in [0.05, 0.1) is 30.5 Å². The third-order valence-electron chi connectivity index (χ3n) is 6.15. The Morgan fingerprint density at radius 1 is 0.857 bits per heavy atom. The van der Waals surface area contributed by atoms with E-state index in [2.05, 4.69) is 58.5 Å². The summed E-state index contributed by atoms with van der Waals surface area (Å²) in [6.07, 6.45) is 4.77. The highest BCUT2D eigenvalue weighted by atomic mass is 32.2. The third kappa shape index (κ3) is 12.1. The van der Waals surface area contributed by atoms with E-state index in [0.29, 0.717) is 30.3 Å². The Morgan fingerprint density at radius 2 is 1.40 bits per heavy atom. The zero-order valence-electron chi connectivity index (χ0n) is 22.8. The Labute approximate surface area is 252 Å². The number of carboxylic acids is 4. The molecule has 2 aliphatic heterocycles. The van der Waals surface area contributed by atoms with Crippen LogP contribution in [0, 0.1) is 0 Å². The van der Waals surface area contributed by atoms with Gasteiger partial charge in [-0.25, -0.2) is 0 Å². The van der Waals surface area contributed by atoms with Gasteiger partial charge in [-0.3, -0.25) is 9.80 Å². The van der Waals surface area contributed by atoms with Crippen LogP contribution >= 0.6 is 23.5 Å². The number of nitrogens with zero attached hydrogens (tertiary/aromatic N) is 2. The molecule has 0 spiro atoms. The number of thioether (sulfide) groups is 1. The maximum Gasteiger partial charge on any atom is 0.0643 e. The van der Waals surface area contributed by atoms with E-state index in [-0.39, 0.29) is 6.61 Å².